The minimum atomic E-state index is 0.638. The molecule has 0 radical (unpaired) electrons. The predicted molar refractivity (Wildman–Crippen MR) is 68.4 cm³/mol. The zero-order valence-corrected chi connectivity index (χ0v) is 10.5. The Bertz CT molecular complexity index is 482. The molecule has 0 saturated heterocycles. The van der Waals surface area contributed by atoms with E-state index in [1.165, 1.54) is 0 Å². The summed E-state index contributed by atoms with van der Waals surface area (Å²) >= 11 is 6.09. The summed E-state index contributed by atoms with van der Waals surface area (Å²) in [5, 5.41) is 3.83. The van der Waals surface area contributed by atoms with Crippen molar-refractivity contribution in [3.05, 3.63) is 52.7 Å². The molecule has 90 valence electrons. The summed E-state index contributed by atoms with van der Waals surface area (Å²) in [6, 6.07) is 7.74. The maximum atomic E-state index is 6.09. The molecule has 4 heteroatoms. The molecule has 0 fully saturated rings. The Balaban J connectivity index is 2.04. The molecule has 0 saturated carbocycles. The molecule has 3 nitrogen and oxygen atoms in total. The Morgan fingerprint density at radius 3 is 2.94 bits per heavy atom. The molecule has 2 rings (SSSR count). The van der Waals surface area contributed by atoms with Crippen LogP contribution in [0.4, 0.5) is 0 Å². The molecule has 0 aliphatic rings. The molecule has 1 aromatic heterocycles. The number of nitrogens with one attached hydrogen (secondary N) is 1. The van der Waals surface area contributed by atoms with Gasteiger partial charge in [-0.3, -0.25) is 0 Å². The van der Waals surface area contributed by atoms with Crippen molar-refractivity contribution in [1.82, 2.24) is 10.3 Å². The van der Waals surface area contributed by atoms with Crippen LogP contribution in [0.3, 0.4) is 0 Å². The summed E-state index contributed by atoms with van der Waals surface area (Å²) in [6.45, 7) is 0.890. The summed E-state index contributed by atoms with van der Waals surface area (Å²) in [7, 11) is 1.92. The molecule has 17 heavy (non-hydrogen) atoms. The van der Waals surface area contributed by atoms with E-state index in [9.17, 15) is 0 Å². The molecule has 0 bridgehead atoms. The van der Waals surface area contributed by atoms with E-state index in [-0.39, 0.29) is 0 Å². The molecule has 0 aliphatic heterocycles. The minimum absolute atomic E-state index is 0.638. The van der Waals surface area contributed by atoms with Crippen LogP contribution in [0.25, 0.3) is 0 Å². The minimum Gasteiger partial charge on any atom is -0.445 e. The molecule has 1 heterocycles. The number of aromatic nitrogens is 1. The molecule has 0 amide bonds. The first-order chi connectivity index (χ1) is 8.29. The third-order valence-electron chi connectivity index (χ3n) is 2.52. The highest BCUT2D eigenvalue weighted by Gasteiger charge is 2.06. The van der Waals surface area contributed by atoms with Gasteiger partial charge in [-0.2, -0.15) is 0 Å². The molecule has 1 N–H and O–H groups in total. The average Bonchev–Trinajstić information content (AvgIpc) is 2.77. The second kappa shape index (κ2) is 5.84. The van der Waals surface area contributed by atoms with Crippen LogP contribution in [0.5, 0.6) is 0 Å². The molecule has 0 unspecified atom stereocenters. The lowest BCUT2D eigenvalue weighted by atomic mass is 10.1. The third-order valence-corrected chi connectivity index (χ3v) is 2.89. The van der Waals surface area contributed by atoms with E-state index < -0.39 is 0 Å². The largest absolute Gasteiger partial charge is 0.445 e. The van der Waals surface area contributed by atoms with Gasteiger partial charge in [0.15, 0.2) is 5.89 Å². The van der Waals surface area contributed by atoms with Crippen molar-refractivity contribution in [3.63, 3.8) is 0 Å². The maximum Gasteiger partial charge on any atom is 0.198 e. The number of rotatable bonds is 5. The summed E-state index contributed by atoms with van der Waals surface area (Å²) in [6.07, 6.45) is 3.27. The lowest BCUT2D eigenvalue weighted by molar-refractivity contribution is 0.460. The van der Waals surface area contributed by atoms with Gasteiger partial charge in [0.1, 0.15) is 5.76 Å². The van der Waals surface area contributed by atoms with E-state index in [1.54, 1.807) is 6.20 Å². The number of halogens is 1. The van der Waals surface area contributed by atoms with E-state index in [1.807, 2.05) is 31.3 Å². The Morgan fingerprint density at radius 2 is 2.18 bits per heavy atom. The van der Waals surface area contributed by atoms with Crippen LogP contribution in [0.2, 0.25) is 5.02 Å². The van der Waals surface area contributed by atoms with Gasteiger partial charge in [-0.15, -0.1) is 0 Å². The molecular formula is C13H15ClN2O. The molecule has 1 aromatic carbocycles. The van der Waals surface area contributed by atoms with Gasteiger partial charge in [-0.1, -0.05) is 29.8 Å². The first kappa shape index (κ1) is 12.1. The van der Waals surface area contributed by atoms with Crippen LogP contribution < -0.4 is 5.32 Å². The van der Waals surface area contributed by atoms with Crippen LogP contribution in [-0.4, -0.2) is 18.6 Å². The van der Waals surface area contributed by atoms with E-state index in [2.05, 4.69) is 10.3 Å². The number of nitrogens with zero attached hydrogens (tertiary/aromatic N) is 1. The summed E-state index contributed by atoms with van der Waals surface area (Å²) in [4.78, 5) is 4.25. The summed E-state index contributed by atoms with van der Waals surface area (Å²) < 4.78 is 5.63. The highest BCUT2D eigenvalue weighted by Crippen LogP contribution is 2.18. The zero-order chi connectivity index (χ0) is 12.1. The zero-order valence-electron chi connectivity index (χ0n) is 9.74. The van der Waals surface area contributed by atoms with Crippen LogP contribution in [0.1, 0.15) is 17.2 Å². The van der Waals surface area contributed by atoms with Gasteiger partial charge < -0.3 is 9.73 Å². The van der Waals surface area contributed by atoms with E-state index >= 15 is 0 Å². The van der Waals surface area contributed by atoms with Gasteiger partial charge in [-0.25, -0.2) is 4.98 Å². The fourth-order valence-corrected chi connectivity index (χ4v) is 1.80. The second-order valence-electron chi connectivity index (χ2n) is 3.84. The molecule has 0 aliphatic carbocycles. The number of hydrogen-bond donors (Lipinski definition) is 1. The Labute approximate surface area is 106 Å². The molecule has 2 aromatic rings. The first-order valence-electron chi connectivity index (χ1n) is 5.61. The van der Waals surface area contributed by atoms with Gasteiger partial charge in [-0.05, 0) is 18.7 Å². The first-order valence-corrected chi connectivity index (χ1v) is 5.99. The average molecular weight is 251 g/mol. The highest BCUT2D eigenvalue weighted by atomic mass is 35.5. The van der Waals surface area contributed by atoms with Gasteiger partial charge >= 0.3 is 0 Å². The van der Waals surface area contributed by atoms with E-state index in [0.717, 1.165) is 29.3 Å². The lowest BCUT2D eigenvalue weighted by Gasteiger charge is -2.00. The van der Waals surface area contributed by atoms with Crippen molar-refractivity contribution >= 4 is 11.6 Å². The Morgan fingerprint density at radius 1 is 1.35 bits per heavy atom. The van der Waals surface area contributed by atoms with Gasteiger partial charge in [0.25, 0.3) is 0 Å². The van der Waals surface area contributed by atoms with Crippen LogP contribution in [-0.2, 0) is 12.8 Å². The summed E-state index contributed by atoms with van der Waals surface area (Å²) in [5.74, 6) is 1.62. The van der Waals surface area contributed by atoms with E-state index in [4.69, 9.17) is 16.0 Å². The van der Waals surface area contributed by atoms with Crippen molar-refractivity contribution in [2.75, 3.05) is 13.6 Å². The fourth-order valence-electron chi connectivity index (χ4n) is 1.60. The van der Waals surface area contributed by atoms with Gasteiger partial charge in [0.05, 0.1) is 12.6 Å². The third kappa shape index (κ3) is 3.32. The quantitative estimate of drug-likeness (QED) is 0.887. The topological polar surface area (TPSA) is 38.1 Å². The van der Waals surface area contributed by atoms with Crippen molar-refractivity contribution in [2.45, 2.75) is 12.8 Å². The molecule has 0 spiro atoms. The highest BCUT2D eigenvalue weighted by molar-refractivity contribution is 6.31. The number of likely N-dealkylation sites (N-methyl/N-ethyl adjacent to an activating group) is 1. The maximum absolute atomic E-state index is 6.09. The standard InChI is InChI=1S/C13H15ClN2O/c1-15-7-6-11-9-16-13(17-11)8-10-4-2-3-5-12(10)14/h2-5,9,15H,6-8H2,1H3. The van der Waals surface area contributed by atoms with Crippen molar-refractivity contribution < 1.29 is 4.42 Å². The molecular weight excluding hydrogens is 236 g/mol. The Hall–Kier alpha value is -1.32. The number of benzene rings is 1. The Kier molecular flexibility index (Phi) is 4.18. The van der Waals surface area contributed by atoms with Gasteiger partial charge in [0, 0.05) is 18.0 Å². The van der Waals surface area contributed by atoms with Crippen LogP contribution in [0, 0.1) is 0 Å². The van der Waals surface area contributed by atoms with Crippen LogP contribution >= 0.6 is 11.6 Å². The monoisotopic (exact) mass is 250 g/mol. The lowest BCUT2D eigenvalue weighted by Crippen LogP contribution is -2.09. The predicted octanol–water partition coefficient (Wildman–Crippen LogP) is 2.68. The van der Waals surface area contributed by atoms with E-state index in [0.29, 0.717) is 12.3 Å². The smallest absolute Gasteiger partial charge is 0.198 e. The normalized spacial score (nSPS) is 10.7. The number of oxazole rings is 1. The second-order valence-corrected chi connectivity index (χ2v) is 4.25. The van der Waals surface area contributed by atoms with Crippen molar-refractivity contribution in [1.29, 1.82) is 0 Å². The van der Waals surface area contributed by atoms with Crippen molar-refractivity contribution in [3.8, 4) is 0 Å². The fraction of sp³-hybridized carbons (Fsp3) is 0.308. The summed E-state index contributed by atoms with van der Waals surface area (Å²) in [5.41, 5.74) is 1.04. The van der Waals surface area contributed by atoms with Gasteiger partial charge in [0.2, 0.25) is 0 Å². The van der Waals surface area contributed by atoms with Crippen LogP contribution in [0.15, 0.2) is 34.9 Å². The van der Waals surface area contributed by atoms with Crippen molar-refractivity contribution in [2.24, 2.45) is 0 Å². The molecule has 0 atom stereocenters. The number of hydrogen-bond acceptors (Lipinski definition) is 3. The SMILES string of the molecule is CNCCc1cnc(Cc2ccccc2Cl)o1.